The van der Waals surface area contributed by atoms with E-state index >= 15 is 0 Å². The highest BCUT2D eigenvalue weighted by Gasteiger charge is 2.31. The second kappa shape index (κ2) is 8.23. The quantitative estimate of drug-likeness (QED) is 0.614. The van der Waals surface area contributed by atoms with Crippen molar-refractivity contribution in [3.63, 3.8) is 0 Å². The molecule has 5 rings (SSSR count). The molecule has 2 aromatic carbocycles. The Balaban J connectivity index is 1.35. The molecule has 3 aromatic rings. The van der Waals surface area contributed by atoms with Gasteiger partial charge in [-0.05, 0) is 60.1 Å². The minimum atomic E-state index is -0.157. The Morgan fingerprint density at radius 2 is 1.12 bits per heavy atom. The molecule has 2 atom stereocenters. The molecule has 0 radical (unpaired) electrons. The molecule has 32 heavy (non-hydrogen) atoms. The van der Waals surface area contributed by atoms with Crippen molar-refractivity contribution in [2.75, 3.05) is 14.1 Å². The fourth-order valence-electron chi connectivity index (χ4n) is 5.19. The minimum Gasteiger partial charge on any atom is -0.333 e. The Hall–Kier alpha value is -3.47. The first kappa shape index (κ1) is 20.4. The van der Waals surface area contributed by atoms with Gasteiger partial charge in [-0.2, -0.15) is 0 Å². The first-order chi connectivity index (χ1) is 15.5. The lowest BCUT2D eigenvalue weighted by atomic mass is 10.1. The van der Waals surface area contributed by atoms with Gasteiger partial charge in [-0.15, -0.1) is 0 Å². The largest absolute Gasteiger partial charge is 0.333 e. The van der Waals surface area contributed by atoms with E-state index in [0.717, 1.165) is 25.7 Å². The van der Waals surface area contributed by atoms with Gasteiger partial charge in [0.2, 0.25) is 0 Å². The van der Waals surface area contributed by atoms with E-state index in [9.17, 15) is 9.59 Å². The molecular formula is C27H27N3O2. The van der Waals surface area contributed by atoms with E-state index in [2.05, 4.69) is 29.2 Å². The Bertz CT molecular complexity index is 1100. The standard InChI is InChI=1S/C27H27N3O2/c1-29(24-16-14-18-8-3-5-10-20(18)24)26(31)22-12-7-13-23(28-22)27(32)30(2)25-17-15-19-9-4-6-11-21(19)25/h3-13,24-25H,14-17H2,1-2H3. The summed E-state index contributed by atoms with van der Waals surface area (Å²) in [5.41, 5.74) is 5.62. The summed E-state index contributed by atoms with van der Waals surface area (Å²) in [6, 6.07) is 21.8. The van der Waals surface area contributed by atoms with Gasteiger partial charge in [0.05, 0.1) is 12.1 Å². The van der Waals surface area contributed by atoms with Gasteiger partial charge in [0.25, 0.3) is 11.8 Å². The first-order valence-electron chi connectivity index (χ1n) is 11.2. The first-order valence-corrected chi connectivity index (χ1v) is 11.2. The van der Waals surface area contributed by atoms with Crippen molar-refractivity contribution in [3.05, 3.63) is 100 Å². The smallest absolute Gasteiger partial charge is 0.272 e. The van der Waals surface area contributed by atoms with E-state index in [-0.39, 0.29) is 23.9 Å². The Morgan fingerprint density at radius 3 is 1.59 bits per heavy atom. The average molecular weight is 426 g/mol. The Kier molecular flexibility index (Phi) is 5.25. The predicted molar refractivity (Wildman–Crippen MR) is 123 cm³/mol. The summed E-state index contributed by atoms with van der Waals surface area (Å²) in [6.07, 6.45) is 3.75. The molecule has 0 bridgehead atoms. The van der Waals surface area contributed by atoms with Crippen molar-refractivity contribution in [2.45, 2.75) is 37.8 Å². The van der Waals surface area contributed by atoms with Crippen molar-refractivity contribution < 1.29 is 9.59 Å². The molecule has 0 aliphatic heterocycles. The summed E-state index contributed by atoms with van der Waals surface area (Å²) in [5.74, 6) is -0.314. The predicted octanol–water partition coefficient (Wildman–Crippen LogP) is 4.60. The minimum absolute atomic E-state index is 0.0394. The maximum atomic E-state index is 13.2. The molecule has 2 aliphatic rings. The highest BCUT2D eigenvalue weighted by atomic mass is 16.2. The highest BCUT2D eigenvalue weighted by molar-refractivity contribution is 5.96. The van der Waals surface area contributed by atoms with Crippen LogP contribution in [-0.4, -0.2) is 40.7 Å². The van der Waals surface area contributed by atoms with E-state index in [1.54, 1.807) is 28.0 Å². The molecule has 0 N–H and O–H groups in total. The summed E-state index contributed by atoms with van der Waals surface area (Å²) < 4.78 is 0. The number of benzene rings is 2. The normalized spacial score (nSPS) is 18.7. The monoisotopic (exact) mass is 425 g/mol. The number of aromatic nitrogens is 1. The number of hydrogen-bond acceptors (Lipinski definition) is 3. The van der Waals surface area contributed by atoms with Crippen LogP contribution in [0.4, 0.5) is 0 Å². The van der Waals surface area contributed by atoms with E-state index in [4.69, 9.17) is 0 Å². The molecule has 2 unspecified atom stereocenters. The number of fused-ring (bicyclic) bond motifs is 2. The molecule has 5 heteroatoms. The number of aryl methyl sites for hydroxylation is 2. The van der Waals surface area contributed by atoms with Crippen LogP contribution >= 0.6 is 0 Å². The third-order valence-corrected chi connectivity index (χ3v) is 6.97. The summed E-state index contributed by atoms with van der Waals surface area (Å²) in [6.45, 7) is 0. The zero-order chi connectivity index (χ0) is 22.2. The van der Waals surface area contributed by atoms with E-state index in [0.29, 0.717) is 11.4 Å². The van der Waals surface area contributed by atoms with Crippen LogP contribution < -0.4 is 0 Å². The van der Waals surface area contributed by atoms with Crippen molar-refractivity contribution in [2.24, 2.45) is 0 Å². The number of nitrogens with zero attached hydrogens (tertiary/aromatic N) is 3. The number of carbonyl (C=O) groups is 2. The molecule has 2 aliphatic carbocycles. The van der Waals surface area contributed by atoms with Crippen LogP contribution in [0.15, 0.2) is 66.7 Å². The molecule has 162 valence electrons. The SMILES string of the molecule is CN(C(=O)c1cccc(C(=O)N(C)C2CCc3ccccc32)n1)C1CCc2ccccc21. The molecule has 1 heterocycles. The van der Waals surface area contributed by atoms with Crippen molar-refractivity contribution in [1.29, 1.82) is 0 Å². The zero-order valence-corrected chi connectivity index (χ0v) is 18.5. The van der Waals surface area contributed by atoms with Crippen LogP contribution in [0.1, 0.15) is 68.2 Å². The third-order valence-electron chi connectivity index (χ3n) is 6.97. The maximum absolute atomic E-state index is 13.2. The van der Waals surface area contributed by atoms with Crippen molar-refractivity contribution in [1.82, 2.24) is 14.8 Å². The van der Waals surface area contributed by atoms with Crippen LogP contribution in [0.3, 0.4) is 0 Å². The third kappa shape index (κ3) is 3.48. The van der Waals surface area contributed by atoms with Crippen molar-refractivity contribution in [3.8, 4) is 0 Å². The topological polar surface area (TPSA) is 53.5 Å². The zero-order valence-electron chi connectivity index (χ0n) is 18.5. The fraction of sp³-hybridized carbons (Fsp3) is 0.296. The van der Waals surface area contributed by atoms with Crippen LogP contribution in [0.25, 0.3) is 0 Å². The number of rotatable bonds is 4. The van der Waals surface area contributed by atoms with Crippen LogP contribution in [0, 0.1) is 0 Å². The molecule has 5 nitrogen and oxygen atoms in total. The van der Waals surface area contributed by atoms with Gasteiger partial charge in [-0.3, -0.25) is 9.59 Å². The van der Waals surface area contributed by atoms with Crippen LogP contribution in [-0.2, 0) is 12.8 Å². The summed E-state index contributed by atoms with van der Waals surface area (Å²) in [5, 5.41) is 0. The summed E-state index contributed by atoms with van der Waals surface area (Å²) in [7, 11) is 3.65. The van der Waals surface area contributed by atoms with Crippen LogP contribution in [0.5, 0.6) is 0 Å². The van der Waals surface area contributed by atoms with Gasteiger partial charge >= 0.3 is 0 Å². The fourth-order valence-corrected chi connectivity index (χ4v) is 5.19. The summed E-state index contributed by atoms with van der Waals surface area (Å²) in [4.78, 5) is 34.5. The molecule has 0 fully saturated rings. The summed E-state index contributed by atoms with van der Waals surface area (Å²) >= 11 is 0. The molecule has 0 saturated carbocycles. The molecule has 0 saturated heterocycles. The van der Waals surface area contributed by atoms with E-state index in [1.807, 2.05) is 38.4 Å². The molecule has 2 amide bonds. The molecule has 0 spiro atoms. The lowest BCUT2D eigenvalue weighted by Gasteiger charge is -2.26. The van der Waals surface area contributed by atoms with Gasteiger partial charge < -0.3 is 9.80 Å². The highest BCUT2D eigenvalue weighted by Crippen LogP contribution is 2.36. The van der Waals surface area contributed by atoms with Gasteiger partial charge in [-0.1, -0.05) is 54.6 Å². The molecular weight excluding hydrogens is 398 g/mol. The maximum Gasteiger partial charge on any atom is 0.272 e. The second-order valence-electron chi connectivity index (χ2n) is 8.75. The average Bonchev–Trinajstić information content (AvgIpc) is 3.47. The molecule has 1 aromatic heterocycles. The lowest BCUT2D eigenvalue weighted by molar-refractivity contribution is 0.0716. The van der Waals surface area contributed by atoms with Gasteiger partial charge in [0, 0.05) is 14.1 Å². The van der Waals surface area contributed by atoms with Gasteiger partial charge in [0.1, 0.15) is 11.4 Å². The number of pyridine rings is 1. The number of amides is 2. The van der Waals surface area contributed by atoms with Gasteiger partial charge in [0.15, 0.2) is 0 Å². The van der Waals surface area contributed by atoms with E-state index in [1.165, 1.54) is 22.3 Å². The van der Waals surface area contributed by atoms with Crippen molar-refractivity contribution >= 4 is 11.8 Å². The van der Waals surface area contributed by atoms with Gasteiger partial charge in [-0.25, -0.2) is 4.98 Å². The Labute approximate surface area is 188 Å². The lowest BCUT2D eigenvalue weighted by Crippen LogP contribution is -2.33. The van der Waals surface area contributed by atoms with Crippen LogP contribution in [0.2, 0.25) is 0 Å². The van der Waals surface area contributed by atoms with E-state index < -0.39 is 0 Å². The number of hydrogen-bond donors (Lipinski definition) is 0. The number of carbonyl (C=O) groups excluding carboxylic acids is 2. The second-order valence-corrected chi connectivity index (χ2v) is 8.75. The Morgan fingerprint density at radius 1 is 0.688 bits per heavy atom.